The predicted octanol–water partition coefficient (Wildman–Crippen LogP) is 2.15. The van der Waals surface area contributed by atoms with Crippen molar-refractivity contribution in [3.8, 4) is 0 Å². The second-order valence-electron chi connectivity index (χ2n) is 4.74. The molecule has 4 nitrogen and oxygen atoms in total. The minimum atomic E-state index is -0.344. The number of hydrogen-bond acceptors (Lipinski definition) is 3. The smallest absolute Gasteiger partial charge is 0.236 e. The van der Waals surface area contributed by atoms with E-state index in [1.807, 2.05) is 36.9 Å². The van der Waals surface area contributed by atoms with E-state index in [9.17, 15) is 4.79 Å². The molecule has 0 saturated carbocycles. The number of primary amides is 1. The van der Waals surface area contributed by atoms with E-state index in [2.05, 4.69) is 12.2 Å². The van der Waals surface area contributed by atoms with Gasteiger partial charge in [0.15, 0.2) is 0 Å². The van der Waals surface area contributed by atoms with Gasteiger partial charge in [0.1, 0.15) is 0 Å². The van der Waals surface area contributed by atoms with Gasteiger partial charge in [-0.25, -0.2) is 0 Å². The van der Waals surface area contributed by atoms with Gasteiger partial charge in [-0.3, -0.25) is 4.79 Å². The van der Waals surface area contributed by atoms with E-state index >= 15 is 0 Å². The number of carbonyl (C=O) groups is 1. The number of nitrogens with one attached hydrogen (secondary N) is 1. The van der Waals surface area contributed by atoms with Crippen LogP contribution in [0.2, 0.25) is 5.02 Å². The Hall–Kier alpha value is -1.26. The monoisotopic (exact) mass is 283 g/mol. The van der Waals surface area contributed by atoms with E-state index in [1.165, 1.54) is 0 Å². The molecule has 0 aromatic heterocycles. The van der Waals surface area contributed by atoms with Crippen molar-refractivity contribution in [3.05, 3.63) is 28.8 Å². The molecule has 1 amide bonds. The van der Waals surface area contributed by atoms with Gasteiger partial charge in [0.25, 0.3) is 0 Å². The van der Waals surface area contributed by atoms with Gasteiger partial charge >= 0.3 is 0 Å². The summed E-state index contributed by atoms with van der Waals surface area (Å²) in [6.45, 7) is 7.93. The number of anilines is 1. The molecule has 0 aliphatic rings. The maximum Gasteiger partial charge on any atom is 0.236 e. The molecule has 0 unspecified atom stereocenters. The highest BCUT2D eigenvalue weighted by molar-refractivity contribution is 6.30. The van der Waals surface area contributed by atoms with Gasteiger partial charge in [0.05, 0.1) is 6.54 Å². The molecular weight excluding hydrogens is 262 g/mol. The largest absolute Gasteiger partial charge is 0.368 e. The maximum absolute atomic E-state index is 11.2. The van der Waals surface area contributed by atoms with Crippen molar-refractivity contribution >= 4 is 23.2 Å². The highest BCUT2D eigenvalue weighted by Crippen LogP contribution is 2.26. The molecule has 3 N–H and O–H groups in total. The maximum atomic E-state index is 11.2. The van der Waals surface area contributed by atoms with E-state index in [-0.39, 0.29) is 18.5 Å². The van der Waals surface area contributed by atoms with E-state index in [0.717, 1.165) is 24.3 Å². The first kappa shape index (κ1) is 15.8. The Morgan fingerprint density at radius 3 is 2.68 bits per heavy atom. The number of hydrogen-bond donors (Lipinski definition) is 2. The molecule has 0 fully saturated rings. The molecule has 1 aromatic rings. The lowest BCUT2D eigenvalue weighted by Gasteiger charge is -2.30. The molecule has 0 atom stereocenters. The fourth-order valence-electron chi connectivity index (χ4n) is 1.93. The lowest BCUT2D eigenvalue weighted by Crippen LogP contribution is -2.39. The fraction of sp³-hybridized carbons (Fsp3) is 0.500. The van der Waals surface area contributed by atoms with E-state index in [0.29, 0.717) is 5.02 Å². The summed E-state index contributed by atoms with van der Waals surface area (Å²) in [7, 11) is 0. The van der Waals surface area contributed by atoms with Crippen LogP contribution in [0.3, 0.4) is 0 Å². The van der Waals surface area contributed by atoms with Crippen molar-refractivity contribution in [2.24, 2.45) is 5.73 Å². The van der Waals surface area contributed by atoms with Crippen molar-refractivity contribution in [1.29, 1.82) is 0 Å². The van der Waals surface area contributed by atoms with E-state index < -0.39 is 0 Å². The summed E-state index contributed by atoms with van der Waals surface area (Å²) in [6.07, 6.45) is 0. The van der Waals surface area contributed by atoms with Crippen LogP contribution in [-0.2, 0) is 11.3 Å². The first-order valence-corrected chi connectivity index (χ1v) is 6.87. The van der Waals surface area contributed by atoms with Gasteiger partial charge in [-0.05, 0) is 38.1 Å². The molecule has 106 valence electrons. The van der Waals surface area contributed by atoms with Gasteiger partial charge in [-0.2, -0.15) is 0 Å². The zero-order valence-corrected chi connectivity index (χ0v) is 12.5. The number of nitrogens with zero attached hydrogens (tertiary/aromatic N) is 1. The summed E-state index contributed by atoms with van der Waals surface area (Å²) in [5, 5.41) is 3.94. The molecule has 0 heterocycles. The normalized spacial score (nSPS) is 10.8. The number of nitrogens with two attached hydrogens (primary N) is 1. The van der Waals surface area contributed by atoms with Crippen molar-refractivity contribution < 1.29 is 4.79 Å². The fourth-order valence-corrected chi connectivity index (χ4v) is 2.09. The van der Waals surface area contributed by atoms with Crippen molar-refractivity contribution in [2.45, 2.75) is 33.4 Å². The molecule has 0 bridgehead atoms. The van der Waals surface area contributed by atoms with Crippen LogP contribution in [0.1, 0.15) is 26.3 Å². The zero-order valence-electron chi connectivity index (χ0n) is 11.7. The molecule has 0 spiro atoms. The van der Waals surface area contributed by atoms with Crippen LogP contribution in [-0.4, -0.2) is 25.0 Å². The molecule has 1 rings (SSSR count). The van der Waals surface area contributed by atoms with Gasteiger partial charge in [-0.1, -0.05) is 24.6 Å². The average molecular weight is 284 g/mol. The van der Waals surface area contributed by atoms with Crippen molar-refractivity contribution in [2.75, 3.05) is 18.0 Å². The van der Waals surface area contributed by atoms with E-state index in [4.69, 9.17) is 17.3 Å². The quantitative estimate of drug-likeness (QED) is 0.806. The minimum Gasteiger partial charge on any atom is -0.368 e. The third-order valence-corrected chi connectivity index (χ3v) is 3.11. The molecule has 1 aromatic carbocycles. The summed E-state index contributed by atoms with van der Waals surface area (Å²) in [5.74, 6) is -0.344. The van der Waals surface area contributed by atoms with Gasteiger partial charge in [-0.15, -0.1) is 0 Å². The molecule has 0 aliphatic heterocycles. The number of rotatable bonds is 7. The highest BCUT2D eigenvalue weighted by Gasteiger charge is 2.16. The van der Waals surface area contributed by atoms with Gasteiger partial charge in [0, 0.05) is 23.3 Å². The van der Waals surface area contributed by atoms with Crippen LogP contribution in [0.4, 0.5) is 5.69 Å². The summed E-state index contributed by atoms with van der Waals surface area (Å²) >= 11 is 6.07. The molecule has 0 aliphatic carbocycles. The number of benzene rings is 1. The van der Waals surface area contributed by atoms with Gasteiger partial charge in [0.2, 0.25) is 5.91 Å². The third kappa shape index (κ3) is 4.73. The summed E-state index contributed by atoms with van der Waals surface area (Å²) in [4.78, 5) is 13.2. The Morgan fingerprint density at radius 1 is 1.47 bits per heavy atom. The summed E-state index contributed by atoms with van der Waals surface area (Å²) in [5.41, 5.74) is 7.40. The molecule has 0 radical (unpaired) electrons. The van der Waals surface area contributed by atoms with E-state index in [1.54, 1.807) is 0 Å². The van der Waals surface area contributed by atoms with Crippen LogP contribution in [0.15, 0.2) is 18.2 Å². The topological polar surface area (TPSA) is 58.4 Å². The van der Waals surface area contributed by atoms with Crippen molar-refractivity contribution in [3.63, 3.8) is 0 Å². The lowest BCUT2D eigenvalue weighted by molar-refractivity contribution is -0.116. The van der Waals surface area contributed by atoms with Gasteiger partial charge < -0.3 is 16.0 Å². The first-order valence-electron chi connectivity index (χ1n) is 6.49. The Balaban J connectivity index is 3.11. The molecule has 5 heteroatoms. The first-order chi connectivity index (χ1) is 8.95. The summed E-state index contributed by atoms with van der Waals surface area (Å²) < 4.78 is 0. The Bertz CT molecular complexity index is 435. The SMILES string of the molecule is CCNCc1ccc(Cl)cc1N(CC(N)=O)C(C)C. The second kappa shape index (κ2) is 7.36. The average Bonchev–Trinajstić information content (AvgIpc) is 2.34. The van der Waals surface area contributed by atoms with Crippen LogP contribution in [0, 0.1) is 0 Å². The number of halogens is 1. The van der Waals surface area contributed by atoms with Crippen LogP contribution in [0.25, 0.3) is 0 Å². The highest BCUT2D eigenvalue weighted by atomic mass is 35.5. The Labute approximate surface area is 119 Å². The van der Waals surface area contributed by atoms with Crippen LogP contribution in [0.5, 0.6) is 0 Å². The standard InChI is InChI=1S/C14H22ClN3O/c1-4-17-8-11-5-6-12(15)7-13(11)18(10(2)3)9-14(16)19/h5-7,10,17H,4,8-9H2,1-3H3,(H2,16,19). The molecular formula is C14H22ClN3O. The van der Waals surface area contributed by atoms with Crippen LogP contribution >= 0.6 is 11.6 Å². The molecule has 0 saturated heterocycles. The number of amides is 1. The third-order valence-electron chi connectivity index (χ3n) is 2.87. The minimum absolute atomic E-state index is 0.173. The molecule has 19 heavy (non-hydrogen) atoms. The Kier molecular flexibility index (Phi) is 6.12. The van der Waals surface area contributed by atoms with Crippen molar-refractivity contribution in [1.82, 2.24) is 5.32 Å². The zero-order chi connectivity index (χ0) is 14.4. The predicted molar refractivity (Wildman–Crippen MR) is 80.5 cm³/mol. The lowest BCUT2D eigenvalue weighted by atomic mass is 10.1. The second-order valence-corrected chi connectivity index (χ2v) is 5.18. The van der Waals surface area contributed by atoms with Crippen LogP contribution < -0.4 is 16.0 Å². The number of carbonyl (C=O) groups excluding carboxylic acids is 1. The summed E-state index contributed by atoms with van der Waals surface area (Å²) in [6, 6.07) is 5.90. The Morgan fingerprint density at radius 2 is 2.16 bits per heavy atom.